The molecule has 0 radical (unpaired) electrons. The molecule has 0 heterocycles. The highest BCUT2D eigenvalue weighted by molar-refractivity contribution is 7.80. The van der Waals surface area contributed by atoms with Crippen molar-refractivity contribution < 1.29 is 9.53 Å². The number of thiocarbonyl (C=S) groups is 1. The number of nitrogens with two attached hydrogens (primary N) is 1. The third-order valence-corrected chi connectivity index (χ3v) is 3.47. The third kappa shape index (κ3) is 6.12. The van der Waals surface area contributed by atoms with E-state index in [1.165, 1.54) is 0 Å². The maximum Gasteiger partial charge on any atom is 0.261 e. The molecule has 1 atom stereocenters. The number of carbonyl (C=O) groups is 1. The maximum absolute atomic E-state index is 12.1. The second-order valence-corrected chi connectivity index (χ2v) is 6.30. The monoisotopic (exact) mass is 308 g/mol. The molecule has 1 rings (SSSR count). The van der Waals surface area contributed by atoms with Gasteiger partial charge in [0.05, 0.1) is 4.99 Å². The Balaban J connectivity index is 2.60. The van der Waals surface area contributed by atoms with Crippen LogP contribution in [-0.2, 0) is 11.2 Å². The number of hydrogen-bond donors (Lipinski definition) is 2. The molecule has 0 aliphatic rings. The van der Waals surface area contributed by atoms with Gasteiger partial charge in [0.15, 0.2) is 6.10 Å². The van der Waals surface area contributed by atoms with E-state index in [0.29, 0.717) is 17.2 Å². The molecule has 0 bridgehead atoms. The number of rotatable bonds is 7. The standard InChI is InChI=1S/C16H24N2O2S/c1-5-16(3,4)18-15(19)11(2)20-13-8-6-12(7-9-13)10-14(17)21/h6-9,11H,5,10H2,1-4H3,(H2,17,21)(H,18,19). The maximum atomic E-state index is 12.1. The van der Waals surface area contributed by atoms with E-state index in [4.69, 9.17) is 22.7 Å². The van der Waals surface area contributed by atoms with E-state index in [9.17, 15) is 4.79 Å². The van der Waals surface area contributed by atoms with E-state index in [1.54, 1.807) is 6.92 Å². The predicted octanol–water partition coefficient (Wildman–Crippen LogP) is 2.59. The lowest BCUT2D eigenvalue weighted by molar-refractivity contribution is -0.128. The average Bonchev–Trinajstić information content (AvgIpc) is 2.40. The van der Waals surface area contributed by atoms with Crippen LogP contribution in [0.1, 0.15) is 39.7 Å². The molecular formula is C16H24N2O2S. The Morgan fingerprint density at radius 1 is 1.38 bits per heavy atom. The van der Waals surface area contributed by atoms with Gasteiger partial charge in [0.1, 0.15) is 5.75 Å². The molecule has 0 aromatic heterocycles. The first kappa shape index (κ1) is 17.4. The van der Waals surface area contributed by atoms with Crippen LogP contribution in [0.2, 0.25) is 0 Å². The van der Waals surface area contributed by atoms with E-state index in [2.05, 4.69) is 5.32 Å². The zero-order valence-electron chi connectivity index (χ0n) is 13.1. The first-order valence-corrected chi connectivity index (χ1v) is 7.50. The third-order valence-electron chi connectivity index (χ3n) is 3.33. The lowest BCUT2D eigenvalue weighted by Crippen LogP contribution is -2.48. The van der Waals surface area contributed by atoms with Crippen molar-refractivity contribution in [3.8, 4) is 5.75 Å². The minimum atomic E-state index is -0.544. The number of carbonyl (C=O) groups excluding carboxylic acids is 1. The Hall–Kier alpha value is -1.62. The molecule has 1 aromatic carbocycles. The zero-order chi connectivity index (χ0) is 16.0. The van der Waals surface area contributed by atoms with Gasteiger partial charge in [-0.15, -0.1) is 0 Å². The number of amides is 1. The summed E-state index contributed by atoms with van der Waals surface area (Å²) in [5.41, 5.74) is 6.30. The summed E-state index contributed by atoms with van der Waals surface area (Å²) in [6, 6.07) is 7.44. The minimum Gasteiger partial charge on any atom is -0.481 e. The summed E-state index contributed by atoms with van der Waals surface area (Å²) >= 11 is 4.87. The molecule has 4 nitrogen and oxygen atoms in total. The van der Waals surface area contributed by atoms with E-state index in [-0.39, 0.29) is 11.4 Å². The van der Waals surface area contributed by atoms with Crippen molar-refractivity contribution in [2.24, 2.45) is 5.73 Å². The largest absolute Gasteiger partial charge is 0.481 e. The Morgan fingerprint density at radius 3 is 2.43 bits per heavy atom. The van der Waals surface area contributed by atoms with E-state index >= 15 is 0 Å². The fraction of sp³-hybridized carbons (Fsp3) is 0.500. The summed E-state index contributed by atoms with van der Waals surface area (Å²) in [6.07, 6.45) is 0.882. The van der Waals surface area contributed by atoms with Crippen LogP contribution in [0, 0.1) is 0 Å². The Bertz CT molecular complexity index is 498. The van der Waals surface area contributed by atoms with Crippen molar-refractivity contribution in [1.29, 1.82) is 0 Å². The van der Waals surface area contributed by atoms with Gasteiger partial charge >= 0.3 is 0 Å². The Kier molecular flexibility index (Phi) is 6.15. The van der Waals surface area contributed by atoms with E-state index < -0.39 is 6.10 Å². The molecule has 0 aliphatic heterocycles. The van der Waals surface area contributed by atoms with E-state index in [0.717, 1.165) is 12.0 Å². The SMILES string of the molecule is CCC(C)(C)NC(=O)C(C)Oc1ccc(CC(N)=S)cc1. The topological polar surface area (TPSA) is 64.3 Å². The van der Waals surface area contributed by atoms with Crippen molar-refractivity contribution in [3.63, 3.8) is 0 Å². The molecule has 0 saturated carbocycles. The Labute approximate surface area is 132 Å². The highest BCUT2D eigenvalue weighted by atomic mass is 32.1. The van der Waals surface area contributed by atoms with Gasteiger partial charge in [-0.3, -0.25) is 4.79 Å². The molecule has 21 heavy (non-hydrogen) atoms. The van der Waals surface area contributed by atoms with Crippen molar-refractivity contribution >= 4 is 23.1 Å². The van der Waals surface area contributed by atoms with Gasteiger partial charge in [-0.05, 0) is 44.9 Å². The molecule has 0 fully saturated rings. The van der Waals surface area contributed by atoms with Crippen molar-refractivity contribution in [2.45, 2.75) is 52.2 Å². The molecule has 0 spiro atoms. The van der Waals surface area contributed by atoms with Crippen LogP contribution in [0.5, 0.6) is 5.75 Å². The molecule has 0 aliphatic carbocycles. The van der Waals surface area contributed by atoms with Gasteiger partial charge in [-0.2, -0.15) is 0 Å². The van der Waals surface area contributed by atoms with Gasteiger partial charge in [0.25, 0.3) is 5.91 Å². The zero-order valence-corrected chi connectivity index (χ0v) is 13.9. The van der Waals surface area contributed by atoms with Crippen LogP contribution in [0.15, 0.2) is 24.3 Å². The van der Waals surface area contributed by atoms with Crippen molar-refractivity contribution in [3.05, 3.63) is 29.8 Å². The second-order valence-electron chi connectivity index (χ2n) is 5.77. The molecule has 0 saturated heterocycles. The smallest absolute Gasteiger partial charge is 0.261 e. The number of benzene rings is 1. The lowest BCUT2D eigenvalue weighted by Gasteiger charge is -2.26. The van der Waals surface area contributed by atoms with Crippen molar-refractivity contribution in [1.82, 2.24) is 5.32 Å². The number of nitrogens with one attached hydrogen (secondary N) is 1. The van der Waals surface area contributed by atoms with Gasteiger partial charge in [-0.1, -0.05) is 31.3 Å². The highest BCUT2D eigenvalue weighted by Gasteiger charge is 2.22. The summed E-state index contributed by atoms with van der Waals surface area (Å²) in [4.78, 5) is 12.5. The van der Waals surface area contributed by atoms with Crippen LogP contribution >= 0.6 is 12.2 Å². The van der Waals surface area contributed by atoms with Gasteiger partial charge in [-0.25, -0.2) is 0 Å². The summed E-state index contributed by atoms with van der Waals surface area (Å²) in [5, 5.41) is 2.97. The number of ether oxygens (including phenoxy) is 1. The quantitative estimate of drug-likeness (QED) is 0.760. The first-order chi connectivity index (χ1) is 9.73. The molecule has 1 unspecified atom stereocenters. The van der Waals surface area contributed by atoms with Crippen LogP contribution in [-0.4, -0.2) is 22.5 Å². The van der Waals surface area contributed by atoms with Crippen LogP contribution < -0.4 is 15.8 Å². The lowest BCUT2D eigenvalue weighted by atomic mass is 10.0. The average molecular weight is 308 g/mol. The van der Waals surface area contributed by atoms with Crippen molar-refractivity contribution in [2.75, 3.05) is 0 Å². The van der Waals surface area contributed by atoms with Crippen LogP contribution in [0.3, 0.4) is 0 Å². The van der Waals surface area contributed by atoms with Crippen LogP contribution in [0.25, 0.3) is 0 Å². The molecular weight excluding hydrogens is 284 g/mol. The first-order valence-electron chi connectivity index (χ1n) is 7.09. The van der Waals surface area contributed by atoms with Gasteiger partial charge in [0.2, 0.25) is 0 Å². The molecule has 1 amide bonds. The van der Waals surface area contributed by atoms with Gasteiger partial charge in [0, 0.05) is 12.0 Å². The summed E-state index contributed by atoms with van der Waals surface area (Å²) in [7, 11) is 0. The molecule has 5 heteroatoms. The number of hydrogen-bond acceptors (Lipinski definition) is 3. The summed E-state index contributed by atoms with van der Waals surface area (Å²) in [5.74, 6) is 0.535. The molecule has 3 N–H and O–H groups in total. The molecule has 1 aromatic rings. The normalized spacial score (nSPS) is 12.6. The van der Waals surface area contributed by atoms with E-state index in [1.807, 2.05) is 45.0 Å². The summed E-state index contributed by atoms with van der Waals surface area (Å²) < 4.78 is 5.65. The second kappa shape index (κ2) is 7.41. The summed E-state index contributed by atoms with van der Waals surface area (Å²) in [6.45, 7) is 7.75. The fourth-order valence-corrected chi connectivity index (χ4v) is 1.83. The predicted molar refractivity (Wildman–Crippen MR) is 89.5 cm³/mol. The Morgan fingerprint density at radius 2 is 1.95 bits per heavy atom. The van der Waals surface area contributed by atoms with Crippen LogP contribution in [0.4, 0.5) is 0 Å². The van der Waals surface area contributed by atoms with Gasteiger partial charge < -0.3 is 15.8 Å². The minimum absolute atomic E-state index is 0.117. The highest BCUT2D eigenvalue weighted by Crippen LogP contribution is 2.15. The molecule has 116 valence electrons. The fourth-order valence-electron chi connectivity index (χ4n) is 1.67.